The van der Waals surface area contributed by atoms with E-state index in [9.17, 15) is 5.11 Å². The maximum atomic E-state index is 10.3. The van der Waals surface area contributed by atoms with Gasteiger partial charge in [-0.15, -0.1) is 10.2 Å². The van der Waals surface area contributed by atoms with Gasteiger partial charge in [-0.25, -0.2) is 15.0 Å². The zero-order chi connectivity index (χ0) is 17.1. The lowest BCUT2D eigenvalue weighted by Crippen LogP contribution is -2.29. The predicted molar refractivity (Wildman–Crippen MR) is 93.6 cm³/mol. The second kappa shape index (κ2) is 7.16. The zero-order valence-electron chi connectivity index (χ0n) is 13.4. The van der Waals surface area contributed by atoms with Crippen LogP contribution in [0.15, 0.2) is 42.2 Å². The van der Waals surface area contributed by atoms with Crippen molar-refractivity contribution in [2.75, 3.05) is 13.1 Å². The Morgan fingerprint density at radius 3 is 2.72 bits per heavy atom. The Balaban J connectivity index is 1.51. The molecule has 1 fully saturated rings. The highest BCUT2D eigenvalue weighted by Crippen LogP contribution is 2.29. The molecule has 9 heteroatoms. The van der Waals surface area contributed by atoms with Crippen LogP contribution in [0.5, 0.6) is 5.75 Å². The van der Waals surface area contributed by atoms with Crippen molar-refractivity contribution < 1.29 is 5.11 Å². The standard InChI is InChI=1S/C16H17N7OS/c24-13-7-14(23-6-5-18-10-23)19-8-12(13)16-20-9-15(21-22-16)25-11-1-3-17-4-2-11/h5-11,17H,1-4H2,(H,19,24). The zero-order valence-corrected chi connectivity index (χ0v) is 14.2. The van der Waals surface area contributed by atoms with Crippen LogP contribution in [0.2, 0.25) is 0 Å². The van der Waals surface area contributed by atoms with Crippen LogP contribution in [0.3, 0.4) is 0 Å². The Morgan fingerprint density at radius 1 is 1.16 bits per heavy atom. The first kappa shape index (κ1) is 16.0. The fourth-order valence-electron chi connectivity index (χ4n) is 2.67. The highest BCUT2D eigenvalue weighted by molar-refractivity contribution is 7.99. The SMILES string of the molecule is Oc1cc(-n2ccnc2)ncc1-c1ncc(SC2CCNCC2)nn1. The first-order valence-electron chi connectivity index (χ1n) is 8.04. The van der Waals surface area contributed by atoms with Gasteiger partial charge in [-0.2, -0.15) is 0 Å². The molecular formula is C16H17N7OS. The van der Waals surface area contributed by atoms with Gasteiger partial charge in [0, 0.05) is 29.9 Å². The Hall–Kier alpha value is -2.52. The van der Waals surface area contributed by atoms with Crippen LogP contribution in [0, 0.1) is 0 Å². The number of hydrogen-bond donors (Lipinski definition) is 2. The van der Waals surface area contributed by atoms with E-state index in [1.165, 1.54) is 0 Å². The van der Waals surface area contributed by atoms with Crippen molar-refractivity contribution >= 4 is 11.8 Å². The van der Waals surface area contributed by atoms with Gasteiger partial charge in [-0.05, 0) is 25.9 Å². The third-order valence-electron chi connectivity index (χ3n) is 3.99. The molecule has 0 aliphatic carbocycles. The average molecular weight is 355 g/mol. The normalized spacial score (nSPS) is 15.4. The number of thioether (sulfide) groups is 1. The Bertz CT molecular complexity index is 832. The van der Waals surface area contributed by atoms with Crippen LogP contribution >= 0.6 is 11.8 Å². The molecule has 3 aromatic rings. The molecule has 0 aromatic carbocycles. The molecule has 3 aromatic heterocycles. The summed E-state index contributed by atoms with van der Waals surface area (Å²) in [6.45, 7) is 2.08. The maximum Gasteiger partial charge on any atom is 0.187 e. The largest absolute Gasteiger partial charge is 0.507 e. The van der Waals surface area contributed by atoms with Crippen LogP contribution in [-0.4, -0.2) is 53.2 Å². The number of nitrogens with one attached hydrogen (secondary N) is 1. The summed E-state index contributed by atoms with van der Waals surface area (Å²) in [5.74, 6) is 0.987. The molecule has 4 rings (SSSR count). The van der Waals surface area contributed by atoms with E-state index >= 15 is 0 Å². The Morgan fingerprint density at radius 2 is 2.04 bits per heavy atom. The third kappa shape index (κ3) is 3.62. The molecule has 1 aliphatic rings. The molecule has 2 N–H and O–H groups in total. The van der Waals surface area contributed by atoms with Gasteiger partial charge < -0.3 is 10.4 Å². The molecule has 0 atom stereocenters. The number of aromatic nitrogens is 6. The molecule has 1 saturated heterocycles. The molecule has 25 heavy (non-hydrogen) atoms. The summed E-state index contributed by atoms with van der Waals surface area (Å²) in [6.07, 6.45) is 10.5. The number of piperidine rings is 1. The highest BCUT2D eigenvalue weighted by Gasteiger charge is 2.16. The molecule has 0 bridgehead atoms. The topological polar surface area (TPSA) is 102 Å². The van der Waals surface area contributed by atoms with Crippen LogP contribution < -0.4 is 5.32 Å². The van der Waals surface area contributed by atoms with E-state index in [0.29, 0.717) is 22.5 Å². The van der Waals surface area contributed by atoms with E-state index in [2.05, 4.69) is 30.5 Å². The molecule has 0 spiro atoms. The number of pyridine rings is 1. The van der Waals surface area contributed by atoms with E-state index < -0.39 is 0 Å². The van der Waals surface area contributed by atoms with Crippen molar-refractivity contribution in [3.63, 3.8) is 0 Å². The number of aromatic hydroxyl groups is 1. The van der Waals surface area contributed by atoms with Crippen LogP contribution in [-0.2, 0) is 0 Å². The van der Waals surface area contributed by atoms with Gasteiger partial charge >= 0.3 is 0 Å². The number of hydrogen-bond acceptors (Lipinski definition) is 8. The summed E-state index contributed by atoms with van der Waals surface area (Å²) < 4.78 is 1.71. The van der Waals surface area contributed by atoms with Crippen molar-refractivity contribution in [2.45, 2.75) is 23.1 Å². The first-order chi connectivity index (χ1) is 12.3. The molecule has 4 heterocycles. The lowest BCUT2D eigenvalue weighted by molar-refractivity contribution is 0.475. The van der Waals surface area contributed by atoms with E-state index in [4.69, 9.17) is 0 Å². The van der Waals surface area contributed by atoms with Gasteiger partial charge in [0.2, 0.25) is 0 Å². The third-order valence-corrected chi connectivity index (χ3v) is 5.22. The minimum atomic E-state index is 0.0549. The smallest absolute Gasteiger partial charge is 0.187 e. The van der Waals surface area contributed by atoms with Crippen molar-refractivity contribution in [3.05, 3.63) is 37.2 Å². The van der Waals surface area contributed by atoms with E-state index in [1.54, 1.807) is 53.5 Å². The fraction of sp³-hybridized carbons (Fsp3) is 0.312. The van der Waals surface area contributed by atoms with E-state index in [0.717, 1.165) is 31.0 Å². The van der Waals surface area contributed by atoms with Crippen molar-refractivity contribution in [1.82, 2.24) is 35.0 Å². The lowest BCUT2D eigenvalue weighted by Gasteiger charge is -2.21. The molecule has 0 unspecified atom stereocenters. The first-order valence-corrected chi connectivity index (χ1v) is 8.92. The molecule has 0 radical (unpaired) electrons. The second-order valence-corrected chi connectivity index (χ2v) is 7.04. The summed E-state index contributed by atoms with van der Waals surface area (Å²) >= 11 is 1.71. The van der Waals surface area contributed by atoms with Crippen LogP contribution in [0.1, 0.15) is 12.8 Å². The highest BCUT2D eigenvalue weighted by atomic mass is 32.2. The minimum Gasteiger partial charge on any atom is -0.507 e. The summed E-state index contributed by atoms with van der Waals surface area (Å²) in [5, 5.41) is 23.4. The summed E-state index contributed by atoms with van der Waals surface area (Å²) in [7, 11) is 0. The second-order valence-electron chi connectivity index (χ2n) is 5.72. The average Bonchev–Trinajstić information content (AvgIpc) is 3.18. The number of nitrogens with zero attached hydrogens (tertiary/aromatic N) is 6. The maximum absolute atomic E-state index is 10.3. The summed E-state index contributed by atoms with van der Waals surface area (Å²) in [5.41, 5.74) is 0.454. The molecule has 8 nitrogen and oxygen atoms in total. The minimum absolute atomic E-state index is 0.0549. The Kier molecular flexibility index (Phi) is 4.57. The van der Waals surface area contributed by atoms with Crippen molar-refractivity contribution in [3.8, 4) is 23.0 Å². The molecular weight excluding hydrogens is 338 g/mol. The van der Waals surface area contributed by atoms with Gasteiger partial charge in [0.15, 0.2) is 5.82 Å². The van der Waals surface area contributed by atoms with E-state index in [-0.39, 0.29) is 5.75 Å². The summed E-state index contributed by atoms with van der Waals surface area (Å²) in [4.78, 5) is 12.6. The van der Waals surface area contributed by atoms with E-state index in [1.807, 2.05) is 0 Å². The quantitative estimate of drug-likeness (QED) is 0.729. The number of rotatable bonds is 4. The van der Waals surface area contributed by atoms with Gasteiger partial charge in [0.05, 0.1) is 11.8 Å². The summed E-state index contributed by atoms with van der Waals surface area (Å²) in [6, 6.07) is 1.55. The van der Waals surface area contributed by atoms with Crippen LogP contribution in [0.25, 0.3) is 17.2 Å². The monoisotopic (exact) mass is 355 g/mol. The van der Waals surface area contributed by atoms with Gasteiger partial charge in [0.25, 0.3) is 0 Å². The lowest BCUT2D eigenvalue weighted by atomic mass is 10.2. The van der Waals surface area contributed by atoms with Gasteiger partial charge in [-0.1, -0.05) is 11.8 Å². The predicted octanol–water partition coefficient (Wildman–Crippen LogP) is 1.67. The van der Waals surface area contributed by atoms with Gasteiger partial charge in [0.1, 0.15) is 22.9 Å². The molecule has 0 amide bonds. The number of imidazole rings is 1. The molecule has 128 valence electrons. The van der Waals surface area contributed by atoms with Crippen molar-refractivity contribution in [1.29, 1.82) is 0 Å². The molecule has 1 aliphatic heterocycles. The van der Waals surface area contributed by atoms with Crippen LogP contribution in [0.4, 0.5) is 0 Å². The van der Waals surface area contributed by atoms with Gasteiger partial charge in [-0.3, -0.25) is 4.57 Å². The Labute approximate surface area is 148 Å². The fourth-order valence-corrected chi connectivity index (χ4v) is 3.68. The molecule has 0 saturated carbocycles. The van der Waals surface area contributed by atoms with Crippen molar-refractivity contribution in [2.24, 2.45) is 0 Å².